The number of unbranched alkanes of at least 4 members (excludes halogenated alkanes) is 5. The SMILES string of the molecule is CCCCCCCCc1ncc(-c2ccc(Br)cc2)cn1. The van der Waals surface area contributed by atoms with Crippen LogP contribution >= 0.6 is 15.9 Å². The number of halogens is 1. The molecule has 0 aliphatic carbocycles. The Kier molecular flexibility index (Phi) is 6.87. The van der Waals surface area contributed by atoms with Crippen LogP contribution < -0.4 is 0 Å². The van der Waals surface area contributed by atoms with Gasteiger partial charge in [-0.2, -0.15) is 0 Å². The van der Waals surface area contributed by atoms with E-state index >= 15 is 0 Å². The van der Waals surface area contributed by atoms with E-state index in [1.54, 1.807) is 0 Å². The van der Waals surface area contributed by atoms with Gasteiger partial charge >= 0.3 is 0 Å². The number of hydrogen-bond acceptors (Lipinski definition) is 2. The van der Waals surface area contributed by atoms with Crippen LogP contribution in [0.4, 0.5) is 0 Å². The first-order valence-electron chi connectivity index (χ1n) is 7.86. The zero-order chi connectivity index (χ0) is 14.9. The standard InChI is InChI=1S/C18H23BrN2/c1-2-3-4-5-6-7-8-18-20-13-16(14-21-18)15-9-11-17(19)12-10-15/h9-14H,2-8H2,1H3. The molecule has 112 valence electrons. The van der Waals surface area contributed by atoms with E-state index < -0.39 is 0 Å². The number of hydrogen-bond donors (Lipinski definition) is 0. The molecule has 2 rings (SSSR count). The maximum absolute atomic E-state index is 4.49. The van der Waals surface area contributed by atoms with Gasteiger partial charge in [-0.05, 0) is 24.1 Å². The van der Waals surface area contributed by atoms with E-state index in [0.29, 0.717) is 0 Å². The lowest BCUT2D eigenvalue weighted by Crippen LogP contribution is -1.95. The molecule has 1 aromatic carbocycles. The van der Waals surface area contributed by atoms with Gasteiger partial charge in [-0.3, -0.25) is 0 Å². The molecule has 0 bridgehead atoms. The molecule has 1 aromatic heterocycles. The van der Waals surface area contributed by atoms with Crippen molar-refractivity contribution in [3.05, 3.63) is 47.0 Å². The number of nitrogens with zero attached hydrogens (tertiary/aromatic N) is 2. The van der Waals surface area contributed by atoms with E-state index in [1.807, 2.05) is 24.5 Å². The molecule has 1 heterocycles. The normalized spacial score (nSPS) is 10.8. The molecule has 3 heteroatoms. The minimum atomic E-state index is 0.964. The molecule has 0 amide bonds. The second-order valence-corrected chi connectivity index (χ2v) is 6.33. The summed E-state index contributed by atoms with van der Waals surface area (Å²) in [6.07, 6.45) is 12.7. The first-order chi connectivity index (χ1) is 10.3. The Morgan fingerprint density at radius 3 is 2.10 bits per heavy atom. The Hall–Kier alpha value is -1.22. The molecule has 0 unspecified atom stereocenters. The molecule has 0 saturated carbocycles. The molecule has 0 aliphatic rings. The van der Waals surface area contributed by atoms with E-state index in [1.165, 1.54) is 38.5 Å². The highest BCUT2D eigenvalue weighted by Crippen LogP contribution is 2.20. The molecule has 0 radical (unpaired) electrons. The van der Waals surface area contributed by atoms with Crippen LogP contribution in [0, 0.1) is 0 Å². The van der Waals surface area contributed by atoms with Gasteiger partial charge in [-0.15, -0.1) is 0 Å². The van der Waals surface area contributed by atoms with Gasteiger partial charge < -0.3 is 0 Å². The minimum Gasteiger partial charge on any atom is -0.241 e. The summed E-state index contributed by atoms with van der Waals surface area (Å²) in [4.78, 5) is 8.98. The Labute approximate surface area is 136 Å². The summed E-state index contributed by atoms with van der Waals surface area (Å²) >= 11 is 3.45. The zero-order valence-electron chi connectivity index (χ0n) is 12.7. The highest BCUT2D eigenvalue weighted by atomic mass is 79.9. The fraction of sp³-hybridized carbons (Fsp3) is 0.444. The van der Waals surface area contributed by atoms with Crippen molar-refractivity contribution in [3.63, 3.8) is 0 Å². The first kappa shape index (κ1) is 16.2. The van der Waals surface area contributed by atoms with Crippen LogP contribution in [-0.2, 0) is 6.42 Å². The van der Waals surface area contributed by atoms with Crippen LogP contribution in [0.1, 0.15) is 51.3 Å². The molecule has 0 saturated heterocycles. The summed E-state index contributed by atoms with van der Waals surface area (Å²) < 4.78 is 1.09. The van der Waals surface area contributed by atoms with E-state index in [0.717, 1.165) is 27.8 Å². The van der Waals surface area contributed by atoms with E-state index in [2.05, 4.69) is 45.0 Å². The van der Waals surface area contributed by atoms with E-state index in [9.17, 15) is 0 Å². The van der Waals surface area contributed by atoms with Crippen molar-refractivity contribution in [2.75, 3.05) is 0 Å². The van der Waals surface area contributed by atoms with Crippen molar-refractivity contribution in [1.82, 2.24) is 9.97 Å². The van der Waals surface area contributed by atoms with Crippen molar-refractivity contribution < 1.29 is 0 Å². The third kappa shape index (κ3) is 5.58. The van der Waals surface area contributed by atoms with Crippen LogP contribution in [0.5, 0.6) is 0 Å². The summed E-state index contributed by atoms with van der Waals surface area (Å²) in [5, 5.41) is 0. The largest absolute Gasteiger partial charge is 0.241 e. The predicted octanol–water partition coefficient (Wildman–Crippen LogP) is 5.81. The first-order valence-corrected chi connectivity index (χ1v) is 8.65. The Balaban J connectivity index is 1.80. The van der Waals surface area contributed by atoms with Gasteiger partial charge in [0.25, 0.3) is 0 Å². The fourth-order valence-electron chi connectivity index (χ4n) is 2.34. The second kappa shape index (κ2) is 8.93. The molecule has 0 fully saturated rings. The van der Waals surface area contributed by atoms with E-state index in [-0.39, 0.29) is 0 Å². The lowest BCUT2D eigenvalue weighted by atomic mass is 10.1. The van der Waals surface area contributed by atoms with Gasteiger partial charge in [0.2, 0.25) is 0 Å². The fourth-order valence-corrected chi connectivity index (χ4v) is 2.60. The third-order valence-electron chi connectivity index (χ3n) is 3.64. The Morgan fingerprint density at radius 1 is 0.810 bits per heavy atom. The van der Waals surface area contributed by atoms with Crippen molar-refractivity contribution in [3.8, 4) is 11.1 Å². The van der Waals surface area contributed by atoms with E-state index in [4.69, 9.17) is 0 Å². The van der Waals surface area contributed by atoms with Crippen molar-refractivity contribution >= 4 is 15.9 Å². The van der Waals surface area contributed by atoms with Crippen LogP contribution in [-0.4, -0.2) is 9.97 Å². The smallest absolute Gasteiger partial charge is 0.128 e. The third-order valence-corrected chi connectivity index (χ3v) is 4.17. The summed E-state index contributed by atoms with van der Waals surface area (Å²) in [7, 11) is 0. The maximum atomic E-state index is 4.49. The van der Waals surface area contributed by atoms with Crippen LogP contribution in [0.3, 0.4) is 0 Å². The molecule has 2 nitrogen and oxygen atoms in total. The quantitative estimate of drug-likeness (QED) is 0.563. The highest BCUT2D eigenvalue weighted by molar-refractivity contribution is 9.10. The van der Waals surface area contributed by atoms with Gasteiger partial charge in [0.1, 0.15) is 5.82 Å². The molecule has 21 heavy (non-hydrogen) atoms. The average Bonchev–Trinajstić information content (AvgIpc) is 2.52. The summed E-state index contributed by atoms with van der Waals surface area (Å²) in [6, 6.07) is 8.24. The zero-order valence-corrected chi connectivity index (χ0v) is 14.3. The molecule has 0 N–H and O–H groups in total. The van der Waals surface area contributed by atoms with Gasteiger partial charge in [0, 0.05) is 28.9 Å². The number of aromatic nitrogens is 2. The average molecular weight is 347 g/mol. The summed E-state index contributed by atoms with van der Waals surface area (Å²) in [5.74, 6) is 0.964. The molecule has 2 aromatic rings. The van der Waals surface area contributed by atoms with Gasteiger partial charge in [0.05, 0.1) is 0 Å². The van der Waals surface area contributed by atoms with Crippen molar-refractivity contribution in [1.29, 1.82) is 0 Å². The number of aryl methyl sites for hydroxylation is 1. The Bertz CT molecular complexity index is 520. The monoisotopic (exact) mass is 346 g/mol. The molecule has 0 atom stereocenters. The minimum absolute atomic E-state index is 0.964. The summed E-state index contributed by atoms with van der Waals surface area (Å²) in [6.45, 7) is 2.25. The number of rotatable bonds is 8. The van der Waals surface area contributed by atoms with Gasteiger partial charge in [-0.1, -0.05) is 67.1 Å². The molecule has 0 spiro atoms. The van der Waals surface area contributed by atoms with Gasteiger partial charge in [0.15, 0.2) is 0 Å². The highest BCUT2D eigenvalue weighted by Gasteiger charge is 2.01. The van der Waals surface area contributed by atoms with Crippen LogP contribution in [0.2, 0.25) is 0 Å². The number of benzene rings is 1. The lowest BCUT2D eigenvalue weighted by molar-refractivity contribution is 0.601. The van der Waals surface area contributed by atoms with Crippen LogP contribution in [0.15, 0.2) is 41.1 Å². The molecular formula is C18H23BrN2. The Morgan fingerprint density at radius 2 is 1.43 bits per heavy atom. The lowest BCUT2D eigenvalue weighted by Gasteiger charge is -2.04. The predicted molar refractivity (Wildman–Crippen MR) is 92.2 cm³/mol. The van der Waals surface area contributed by atoms with Crippen LogP contribution in [0.25, 0.3) is 11.1 Å². The second-order valence-electron chi connectivity index (χ2n) is 5.41. The molecular weight excluding hydrogens is 324 g/mol. The van der Waals surface area contributed by atoms with Gasteiger partial charge in [-0.25, -0.2) is 9.97 Å². The summed E-state index contributed by atoms with van der Waals surface area (Å²) in [5.41, 5.74) is 2.23. The van der Waals surface area contributed by atoms with Crippen molar-refractivity contribution in [2.45, 2.75) is 51.9 Å². The molecule has 0 aliphatic heterocycles. The topological polar surface area (TPSA) is 25.8 Å². The van der Waals surface area contributed by atoms with Crippen molar-refractivity contribution in [2.24, 2.45) is 0 Å². The maximum Gasteiger partial charge on any atom is 0.128 e.